The summed E-state index contributed by atoms with van der Waals surface area (Å²) in [6.07, 6.45) is 14.2. The second-order valence-electron chi connectivity index (χ2n) is 4.10. The zero-order valence-electron chi connectivity index (χ0n) is 6.70. The Labute approximate surface area is 67.3 Å². The summed E-state index contributed by atoms with van der Waals surface area (Å²) in [4.78, 5) is 0. The smallest absolute Gasteiger partial charge is 0.00181 e. The van der Waals surface area contributed by atoms with Crippen LogP contribution in [0.15, 0.2) is 36.5 Å². The van der Waals surface area contributed by atoms with Crippen LogP contribution >= 0.6 is 0 Å². The molecule has 0 heterocycles. The van der Waals surface area contributed by atoms with E-state index in [4.69, 9.17) is 0 Å². The fourth-order valence-electron chi connectivity index (χ4n) is 2.82. The molecule has 0 nitrogen and oxygen atoms in total. The van der Waals surface area contributed by atoms with Gasteiger partial charge in [-0.2, -0.15) is 0 Å². The summed E-state index contributed by atoms with van der Waals surface area (Å²) >= 11 is 0. The Hall–Kier alpha value is -0.780. The van der Waals surface area contributed by atoms with Crippen LogP contribution in [-0.4, -0.2) is 0 Å². The van der Waals surface area contributed by atoms with Crippen molar-refractivity contribution in [3.05, 3.63) is 36.5 Å². The van der Waals surface area contributed by atoms with Gasteiger partial charge in [-0.15, -0.1) is 0 Å². The molecule has 3 rings (SSSR count). The fraction of sp³-hybridized carbons (Fsp3) is 0.455. The van der Waals surface area contributed by atoms with Crippen molar-refractivity contribution < 1.29 is 0 Å². The Bertz CT molecular complexity index is 217. The van der Waals surface area contributed by atoms with Gasteiger partial charge < -0.3 is 0 Å². The highest BCUT2D eigenvalue weighted by Gasteiger charge is 2.50. The summed E-state index contributed by atoms with van der Waals surface area (Å²) < 4.78 is 0. The molecule has 0 aliphatic heterocycles. The minimum Gasteiger partial charge on any atom is -0.0804 e. The van der Waals surface area contributed by atoms with Crippen LogP contribution in [0.2, 0.25) is 0 Å². The zero-order valence-corrected chi connectivity index (χ0v) is 6.70. The molecule has 0 aromatic heterocycles. The Morgan fingerprint density at radius 3 is 1.27 bits per heavy atom. The molecular formula is C11H12. The van der Waals surface area contributed by atoms with Crippen molar-refractivity contribution in [2.75, 3.05) is 0 Å². The third-order valence-electron chi connectivity index (χ3n) is 3.73. The summed E-state index contributed by atoms with van der Waals surface area (Å²) in [5.74, 6) is 2.15. The van der Waals surface area contributed by atoms with E-state index in [1.807, 2.05) is 0 Å². The van der Waals surface area contributed by atoms with Gasteiger partial charge in [0.2, 0.25) is 0 Å². The number of hydrogen-bond donors (Lipinski definition) is 0. The molecule has 0 fully saturated rings. The highest BCUT2D eigenvalue weighted by atomic mass is 14.5. The van der Waals surface area contributed by atoms with Crippen LogP contribution < -0.4 is 0 Å². The molecule has 0 heteroatoms. The van der Waals surface area contributed by atoms with Crippen LogP contribution in [-0.2, 0) is 0 Å². The Morgan fingerprint density at radius 2 is 1.00 bits per heavy atom. The van der Waals surface area contributed by atoms with Gasteiger partial charge in [0.25, 0.3) is 0 Å². The van der Waals surface area contributed by atoms with Gasteiger partial charge in [-0.1, -0.05) is 43.4 Å². The first-order chi connectivity index (χ1) is 5.32. The van der Waals surface area contributed by atoms with Crippen molar-refractivity contribution >= 4 is 0 Å². The van der Waals surface area contributed by atoms with E-state index < -0.39 is 0 Å². The summed E-state index contributed by atoms with van der Waals surface area (Å²) in [5.41, 5.74) is 0.500. The molecule has 0 radical (unpaired) electrons. The van der Waals surface area contributed by atoms with Crippen LogP contribution in [0.3, 0.4) is 0 Å². The van der Waals surface area contributed by atoms with E-state index in [-0.39, 0.29) is 0 Å². The van der Waals surface area contributed by atoms with Gasteiger partial charge in [-0.05, 0) is 5.41 Å². The molecule has 0 atom stereocenters. The summed E-state index contributed by atoms with van der Waals surface area (Å²) in [7, 11) is 0. The predicted octanol–water partition coefficient (Wildman–Crippen LogP) is 2.55. The maximum atomic E-state index is 2.41. The second-order valence-corrected chi connectivity index (χ2v) is 4.10. The molecule has 0 amide bonds. The van der Waals surface area contributed by atoms with Gasteiger partial charge in [-0.3, -0.25) is 0 Å². The van der Waals surface area contributed by atoms with Gasteiger partial charge in [0.05, 0.1) is 0 Å². The lowest BCUT2D eigenvalue weighted by Gasteiger charge is -2.30. The molecular weight excluding hydrogens is 132 g/mol. The van der Waals surface area contributed by atoms with E-state index in [1.54, 1.807) is 0 Å². The molecule has 0 saturated carbocycles. The maximum Gasteiger partial charge on any atom is 0.00181 e. The molecule has 3 aliphatic carbocycles. The summed E-state index contributed by atoms with van der Waals surface area (Å²) in [6, 6.07) is 0. The Morgan fingerprint density at radius 1 is 0.727 bits per heavy atom. The molecule has 0 aromatic carbocycles. The van der Waals surface area contributed by atoms with E-state index >= 15 is 0 Å². The van der Waals surface area contributed by atoms with E-state index in [2.05, 4.69) is 43.4 Å². The molecule has 3 aliphatic rings. The highest BCUT2D eigenvalue weighted by Crippen LogP contribution is 2.57. The number of hydrogen-bond acceptors (Lipinski definition) is 0. The molecule has 0 aromatic rings. The van der Waals surface area contributed by atoms with Gasteiger partial charge in [-0.25, -0.2) is 0 Å². The van der Waals surface area contributed by atoms with Crippen LogP contribution in [0, 0.1) is 23.2 Å². The maximum absolute atomic E-state index is 2.41. The van der Waals surface area contributed by atoms with E-state index in [9.17, 15) is 0 Å². The average Bonchev–Trinajstić information content (AvgIpc) is 2.53. The van der Waals surface area contributed by atoms with Crippen molar-refractivity contribution in [2.45, 2.75) is 6.92 Å². The molecule has 56 valence electrons. The van der Waals surface area contributed by atoms with Crippen molar-refractivity contribution in [1.82, 2.24) is 0 Å². The summed E-state index contributed by atoms with van der Waals surface area (Å²) in [6.45, 7) is 2.41. The van der Waals surface area contributed by atoms with Crippen molar-refractivity contribution in [2.24, 2.45) is 23.2 Å². The minimum absolute atomic E-state index is 0.500. The molecule has 0 N–H and O–H groups in total. The fourth-order valence-corrected chi connectivity index (χ4v) is 2.82. The number of allylic oxidation sites excluding steroid dienone is 6. The first-order valence-corrected chi connectivity index (χ1v) is 4.37. The molecule has 0 saturated heterocycles. The number of rotatable bonds is 0. The quantitative estimate of drug-likeness (QED) is 0.458. The standard InChI is InChI=1S/C11H12/c1-11-8-2-3-9(11)6-7-10(11)5-4-8/h2-10H,1H3. The summed E-state index contributed by atoms with van der Waals surface area (Å²) in [5, 5.41) is 0. The average molecular weight is 144 g/mol. The van der Waals surface area contributed by atoms with E-state index in [0.717, 1.165) is 0 Å². The van der Waals surface area contributed by atoms with Crippen molar-refractivity contribution in [3.63, 3.8) is 0 Å². The van der Waals surface area contributed by atoms with Crippen LogP contribution in [0.5, 0.6) is 0 Å². The Balaban J connectivity index is 2.20. The van der Waals surface area contributed by atoms with E-state index in [1.165, 1.54) is 0 Å². The second kappa shape index (κ2) is 1.52. The topological polar surface area (TPSA) is 0 Å². The lowest BCUT2D eigenvalue weighted by molar-refractivity contribution is 0.231. The monoisotopic (exact) mass is 144 g/mol. The van der Waals surface area contributed by atoms with Crippen molar-refractivity contribution in [3.8, 4) is 0 Å². The molecule has 0 bridgehead atoms. The predicted molar refractivity (Wildman–Crippen MR) is 46.0 cm³/mol. The molecule has 11 heavy (non-hydrogen) atoms. The van der Waals surface area contributed by atoms with Crippen LogP contribution in [0.4, 0.5) is 0 Å². The van der Waals surface area contributed by atoms with Gasteiger partial charge in [0.15, 0.2) is 0 Å². The molecule has 0 spiro atoms. The van der Waals surface area contributed by atoms with Crippen molar-refractivity contribution in [1.29, 1.82) is 0 Å². The largest absolute Gasteiger partial charge is 0.0804 e. The third-order valence-corrected chi connectivity index (χ3v) is 3.73. The lowest BCUT2D eigenvalue weighted by atomic mass is 9.72. The van der Waals surface area contributed by atoms with Gasteiger partial charge >= 0.3 is 0 Å². The minimum atomic E-state index is 0.500. The first-order valence-electron chi connectivity index (χ1n) is 4.37. The highest BCUT2D eigenvalue weighted by molar-refractivity contribution is 5.36. The van der Waals surface area contributed by atoms with Gasteiger partial charge in [0.1, 0.15) is 0 Å². The van der Waals surface area contributed by atoms with Gasteiger partial charge in [0, 0.05) is 17.8 Å². The Kier molecular flexibility index (Phi) is 0.806. The third kappa shape index (κ3) is 0.463. The molecule has 0 unspecified atom stereocenters. The normalized spacial score (nSPS) is 55.9. The first kappa shape index (κ1) is 5.82. The zero-order chi connectivity index (χ0) is 7.47. The van der Waals surface area contributed by atoms with E-state index in [0.29, 0.717) is 23.2 Å². The van der Waals surface area contributed by atoms with Crippen LogP contribution in [0.25, 0.3) is 0 Å². The lowest BCUT2D eigenvalue weighted by Crippen LogP contribution is -2.26. The van der Waals surface area contributed by atoms with Crippen LogP contribution in [0.1, 0.15) is 6.92 Å². The SMILES string of the molecule is CC12C3C=CC1C=CC2C=C3.